The molecule has 2 aromatic heterocycles. The molecule has 0 radical (unpaired) electrons. The second-order valence-electron chi connectivity index (χ2n) is 8.96. The first-order valence-electron chi connectivity index (χ1n) is 11.6. The van der Waals surface area contributed by atoms with Crippen LogP contribution in [0.4, 0.5) is 0 Å². The van der Waals surface area contributed by atoms with E-state index in [-0.39, 0.29) is 18.0 Å². The fourth-order valence-electron chi connectivity index (χ4n) is 4.58. The molecule has 1 N–H and O–H groups in total. The van der Waals surface area contributed by atoms with Crippen molar-refractivity contribution in [1.29, 1.82) is 0 Å². The molecule has 0 spiro atoms. The molecule has 2 aromatic carbocycles. The van der Waals surface area contributed by atoms with E-state index in [4.69, 9.17) is 0 Å². The lowest BCUT2D eigenvalue weighted by Crippen LogP contribution is -2.49. The smallest absolute Gasteiger partial charge is 0.271 e. The van der Waals surface area contributed by atoms with Crippen molar-refractivity contribution < 1.29 is 9.90 Å². The number of aryl methyl sites for hydroxylation is 1. The van der Waals surface area contributed by atoms with E-state index >= 15 is 0 Å². The molecule has 0 atom stereocenters. The van der Waals surface area contributed by atoms with E-state index in [1.54, 1.807) is 6.33 Å². The number of rotatable bonds is 6. The molecule has 6 nitrogen and oxygen atoms in total. The maximum atomic E-state index is 13.1. The highest BCUT2D eigenvalue weighted by atomic mass is 32.1. The summed E-state index contributed by atoms with van der Waals surface area (Å²) in [6.45, 7) is 1.16. The number of carbonyl (C=O) groups is 1. The van der Waals surface area contributed by atoms with Crippen molar-refractivity contribution in [2.24, 2.45) is 0 Å². The lowest BCUT2D eigenvalue weighted by Gasteiger charge is -2.38. The Balaban J connectivity index is 1.24. The monoisotopic (exact) mass is 473 g/mol. The summed E-state index contributed by atoms with van der Waals surface area (Å²) in [6.07, 6.45) is 3.60. The van der Waals surface area contributed by atoms with Gasteiger partial charge < -0.3 is 10.0 Å². The van der Waals surface area contributed by atoms with Gasteiger partial charge in [0.15, 0.2) is 0 Å². The van der Waals surface area contributed by atoms with Gasteiger partial charge in [0.2, 0.25) is 5.91 Å². The Morgan fingerprint density at radius 2 is 1.71 bits per heavy atom. The molecule has 4 aromatic rings. The Morgan fingerprint density at radius 3 is 2.41 bits per heavy atom. The van der Waals surface area contributed by atoms with Crippen LogP contribution in [0.15, 0.2) is 77.2 Å². The summed E-state index contributed by atoms with van der Waals surface area (Å²) in [7, 11) is 0. The number of piperidine rings is 1. The summed E-state index contributed by atoms with van der Waals surface area (Å²) in [5, 5.41) is 13.2. The molecule has 0 aliphatic carbocycles. The second kappa shape index (κ2) is 9.52. The molecule has 1 amide bonds. The number of thiophene rings is 1. The third kappa shape index (κ3) is 4.67. The lowest BCUT2D eigenvalue weighted by atomic mass is 9.91. The molecular weight excluding hydrogens is 446 g/mol. The van der Waals surface area contributed by atoms with E-state index in [1.807, 2.05) is 70.9 Å². The van der Waals surface area contributed by atoms with Crippen molar-refractivity contribution in [2.75, 3.05) is 13.1 Å². The van der Waals surface area contributed by atoms with Crippen LogP contribution in [-0.2, 0) is 17.8 Å². The number of hydrogen-bond donors (Lipinski definition) is 1. The van der Waals surface area contributed by atoms with E-state index in [0.29, 0.717) is 49.0 Å². The minimum Gasteiger partial charge on any atom is -0.388 e. The number of amides is 1. The Labute approximate surface area is 202 Å². The van der Waals surface area contributed by atoms with Crippen LogP contribution < -0.4 is 5.56 Å². The standard InChI is InChI=1S/C27H27N3O3S/c31-23(12-11-20-7-3-1-4-8-20)29-15-13-27(33,14-16-29)18-30-19-28-24-22(17-34-25(24)26(30)32)21-9-5-2-6-10-21/h1-10,17,19,33H,11-16,18H2. The first kappa shape index (κ1) is 22.5. The average Bonchev–Trinajstić information content (AvgIpc) is 3.31. The van der Waals surface area contributed by atoms with Gasteiger partial charge in [-0.05, 0) is 30.4 Å². The first-order chi connectivity index (χ1) is 16.5. The highest BCUT2D eigenvalue weighted by Crippen LogP contribution is 2.31. The van der Waals surface area contributed by atoms with Crippen LogP contribution in [-0.4, -0.2) is 44.2 Å². The van der Waals surface area contributed by atoms with E-state index in [9.17, 15) is 14.7 Å². The molecule has 7 heteroatoms. The molecule has 1 aliphatic rings. The summed E-state index contributed by atoms with van der Waals surface area (Å²) in [5.74, 6) is 0.109. The van der Waals surface area contributed by atoms with Crippen molar-refractivity contribution >= 4 is 27.5 Å². The predicted molar refractivity (Wildman–Crippen MR) is 135 cm³/mol. The van der Waals surface area contributed by atoms with E-state index in [1.165, 1.54) is 15.9 Å². The number of aromatic nitrogens is 2. The van der Waals surface area contributed by atoms with Crippen molar-refractivity contribution in [1.82, 2.24) is 14.5 Å². The number of likely N-dealkylation sites (tertiary alicyclic amines) is 1. The molecule has 174 valence electrons. The van der Waals surface area contributed by atoms with Crippen molar-refractivity contribution in [2.45, 2.75) is 37.8 Å². The number of nitrogens with zero attached hydrogens (tertiary/aromatic N) is 3. The van der Waals surface area contributed by atoms with Gasteiger partial charge in [0.05, 0.1) is 24.0 Å². The van der Waals surface area contributed by atoms with Crippen LogP contribution in [0.1, 0.15) is 24.8 Å². The lowest BCUT2D eigenvalue weighted by molar-refractivity contribution is -0.135. The molecule has 3 heterocycles. The minimum atomic E-state index is -1.03. The van der Waals surface area contributed by atoms with E-state index < -0.39 is 5.60 Å². The zero-order valence-electron chi connectivity index (χ0n) is 18.9. The molecule has 1 fully saturated rings. The fraction of sp³-hybridized carbons (Fsp3) is 0.296. The van der Waals surface area contributed by atoms with Gasteiger partial charge in [-0.15, -0.1) is 11.3 Å². The predicted octanol–water partition coefficient (Wildman–Crippen LogP) is 4.11. The van der Waals surface area contributed by atoms with Crippen LogP contribution in [0.5, 0.6) is 0 Å². The SMILES string of the molecule is O=C(CCc1ccccc1)N1CCC(O)(Cn2cnc3c(-c4ccccc4)csc3c2=O)CC1. The molecule has 0 saturated carbocycles. The summed E-state index contributed by atoms with van der Waals surface area (Å²) in [6, 6.07) is 19.9. The van der Waals surface area contributed by atoms with Gasteiger partial charge >= 0.3 is 0 Å². The Hall–Kier alpha value is -3.29. The molecule has 1 aliphatic heterocycles. The van der Waals surface area contributed by atoms with Crippen molar-refractivity contribution in [3.05, 3.63) is 88.3 Å². The third-order valence-electron chi connectivity index (χ3n) is 6.61. The van der Waals surface area contributed by atoms with Crippen LogP contribution >= 0.6 is 11.3 Å². The van der Waals surface area contributed by atoms with E-state index in [0.717, 1.165) is 16.7 Å². The minimum absolute atomic E-state index is 0.109. The maximum absolute atomic E-state index is 13.1. The molecule has 0 unspecified atom stereocenters. The molecular formula is C27H27N3O3S. The van der Waals surface area contributed by atoms with Gasteiger partial charge in [0.1, 0.15) is 4.70 Å². The van der Waals surface area contributed by atoms with Crippen molar-refractivity contribution in [3.8, 4) is 11.1 Å². The Kier molecular flexibility index (Phi) is 6.30. The summed E-state index contributed by atoms with van der Waals surface area (Å²) >= 11 is 1.39. The van der Waals surface area contributed by atoms with Gasteiger partial charge in [-0.25, -0.2) is 4.98 Å². The Bertz CT molecular complexity index is 1340. The number of aliphatic hydroxyl groups is 1. The number of benzene rings is 2. The molecule has 0 bridgehead atoms. The number of carbonyl (C=O) groups excluding carboxylic acids is 1. The highest BCUT2D eigenvalue weighted by molar-refractivity contribution is 7.17. The fourth-order valence-corrected chi connectivity index (χ4v) is 5.55. The van der Waals surface area contributed by atoms with E-state index in [2.05, 4.69) is 4.98 Å². The van der Waals surface area contributed by atoms with Gasteiger partial charge in [0, 0.05) is 30.5 Å². The van der Waals surface area contributed by atoms with Crippen LogP contribution in [0.25, 0.3) is 21.3 Å². The highest BCUT2D eigenvalue weighted by Gasteiger charge is 2.34. The molecule has 1 saturated heterocycles. The maximum Gasteiger partial charge on any atom is 0.271 e. The largest absolute Gasteiger partial charge is 0.388 e. The van der Waals surface area contributed by atoms with Gasteiger partial charge in [0.25, 0.3) is 5.56 Å². The number of fused-ring (bicyclic) bond motifs is 1. The summed E-state index contributed by atoms with van der Waals surface area (Å²) < 4.78 is 2.11. The van der Waals surface area contributed by atoms with Gasteiger partial charge in [-0.2, -0.15) is 0 Å². The third-order valence-corrected chi connectivity index (χ3v) is 7.57. The van der Waals surface area contributed by atoms with Crippen LogP contribution in [0.3, 0.4) is 0 Å². The first-order valence-corrected chi connectivity index (χ1v) is 12.5. The average molecular weight is 474 g/mol. The summed E-state index contributed by atoms with van der Waals surface area (Å²) in [4.78, 5) is 32.2. The Morgan fingerprint density at radius 1 is 1.03 bits per heavy atom. The zero-order valence-corrected chi connectivity index (χ0v) is 19.7. The number of hydrogen-bond acceptors (Lipinski definition) is 5. The summed E-state index contributed by atoms with van der Waals surface area (Å²) in [5.41, 5.74) is 2.66. The quantitative estimate of drug-likeness (QED) is 0.457. The topological polar surface area (TPSA) is 75.4 Å². The van der Waals surface area contributed by atoms with Gasteiger partial charge in [-0.1, -0.05) is 60.7 Å². The molecule has 34 heavy (non-hydrogen) atoms. The molecule has 5 rings (SSSR count). The van der Waals surface area contributed by atoms with Gasteiger partial charge in [-0.3, -0.25) is 14.2 Å². The van der Waals surface area contributed by atoms with Crippen LogP contribution in [0.2, 0.25) is 0 Å². The second-order valence-corrected chi connectivity index (χ2v) is 9.84. The normalized spacial score (nSPS) is 15.5. The van der Waals surface area contributed by atoms with Crippen molar-refractivity contribution in [3.63, 3.8) is 0 Å². The van der Waals surface area contributed by atoms with Crippen LogP contribution in [0, 0.1) is 0 Å². The zero-order chi connectivity index (χ0) is 23.5.